The Hall–Kier alpha value is -2.61. The maximum atomic E-state index is 13.7. The van der Waals surface area contributed by atoms with E-state index >= 15 is 0 Å². The second-order valence-electron chi connectivity index (χ2n) is 10.9. The summed E-state index contributed by atoms with van der Waals surface area (Å²) in [5.74, 6) is -0.610. The van der Waals surface area contributed by atoms with E-state index in [-0.39, 0.29) is 47.6 Å². The van der Waals surface area contributed by atoms with Crippen LogP contribution in [0.5, 0.6) is 0 Å². The van der Waals surface area contributed by atoms with Crippen LogP contribution in [0.15, 0.2) is 33.5 Å². The summed E-state index contributed by atoms with van der Waals surface area (Å²) in [5, 5.41) is 11.7. The lowest BCUT2D eigenvalue weighted by molar-refractivity contribution is -0.169. The maximum Gasteiger partial charge on any atom is 0.328 e. The summed E-state index contributed by atoms with van der Waals surface area (Å²) in [6.07, 6.45) is 6.49. The van der Waals surface area contributed by atoms with Crippen molar-refractivity contribution in [3.05, 3.63) is 44.8 Å². The van der Waals surface area contributed by atoms with Gasteiger partial charge in [-0.15, -0.1) is 0 Å². The molecule has 3 fully saturated rings. The van der Waals surface area contributed by atoms with Crippen molar-refractivity contribution in [1.82, 2.24) is 9.55 Å². The summed E-state index contributed by atoms with van der Waals surface area (Å²) in [4.78, 5) is 65.6. The number of Topliss-reactive ketones (excluding diaryl/α,β-unsaturated/α-hetero) is 2. The fourth-order valence-electron chi connectivity index (χ4n) is 7.72. The zero-order valence-corrected chi connectivity index (χ0v) is 19.1. The Kier molecular flexibility index (Phi) is 4.84. The fourth-order valence-corrected chi connectivity index (χ4v) is 7.72. The molecular formula is C25H30N2O6. The van der Waals surface area contributed by atoms with Gasteiger partial charge < -0.3 is 10.1 Å². The summed E-state index contributed by atoms with van der Waals surface area (Å²) in [6.45, 7) is 3.40. The minimum atomic E-state index is -1.78. The highest BCUT2D eigenvalue weighted by molar-refractivity contribution is 5.94. The molecule has 0 aromatic carbocycles. The standard InChI is InChI=1S/C25H30N2O6/c1-23-8-5-15(28)11-14(23)3-4-16-17-6-9-25(33,24(17,2)12-18(29)21(16)23)19(30)13-27-20(31)7-10-26-22(27)32/h7,10-11,16-17,21,33H,3-6,8-9,12-13H2,1-2H3,(H,26,32)/t16-,17-,21+,23-,24-,25-/m0/s1. The highest BCUT2D eigenvalue weighted by Gasteiger charge is 2.68. The van der Waals surface area contributed by atoms with Gasteiger partial charge in [0.2, 0.25) is 0 Å². The van der Waals surface area contributed by atoms with Gasteiger partial charge in [0, 0.05) is 36.4 Å². The van der Waals surface area contributed by atoms with Crippen molar-refractivity contribution in [3.8, 4) is 0 Å². The largest absolute Gasteiger partial charge is 0.381 e. The van der Waals surface area contributed by atoms with Gasteiger partial charge in [0.25, 0.3) is 5.56 Å². The molecule has 0 spiro atoms. The summed E-state index contributed by atoms with van der Waals surface area (Å²) < 4.78 is 0.794. The van der Waals surface area contributed by atoms with Gasteiger partial charge in [0.15, 0.2) is 11.6 Å². The van der Waals surface area contributed by atoms with Gasteiger partial charge in [-0.1, -0.05) is 19.4 Å². The molecule has 176 valence electrons. The lowest BCUT2D eigenvalue weighted by Crippen LogP contribution is -2.61. The van der Waals surface area contributed by atoms with Crippen LogP contribution in [0.4, 0.5) is 0 Å². The number of allylic oxidation sites excluding steroid dienone is 1. The molecule has 2 N–H and O–H groups in total. The average molecular weight is 455 g/mol. The van der Waals surface area contributed by atoms with Crippen molar-refractivity contribution >= 4 is 17.3 Å². The molecule has 1 aromatic heterocycles. The van der Waals surface area contributed by atoms with Crippen molar-refractivity contribution in [1.29, 1.82) is 0 Å². The van der Waals surface area contributed by atoms with Crippen LogP contribution in [0.25, 0.3) is 0 Å². The van der Waals surface area contributed by atoms with Gasteiger partial charge >= 0.3 is 5.69 Å². The Bertz CT molecular complexity index is 1180. The molecule has 8 heteroatoms. The smallest absolute Gasteiger partial charge is 0.328 e. The number of H-pyrrole nitrogens is 1. The number of hydrogen-bond donors (Lipinski definition) is 2. The Morgan fingerprint density at radius 3 is 2.64 bits per heavy atom. The van der Waals surface area contributed by atoms with E-state index in [1.807, 2.05) is 6.92 Å². The number of ketones is 3. The van der Waals surface area contributed by atoms with Gasteiger partial charge in [-0.05, 0) is 55.4 Å². The highest BCUT2D eigenvalue weighted by Crippen LogP contribution is 2.66. The minimum Gasteiger partial charge on any atom is -0.381 e. The molecule has 0 unspecified atom stereocenters. The van der Waals surface area contributed by atoms with Gasteiger partial charge in [-0.2, -0.15) is 0 Å². The second-order valence-corrected chi connectivity index (χ2v) is 10.9. The lowest BCUT2D eigenvalue weighted by atomic mass is 9.46. The number of hydrogen-bond acceptors (Lipinski definition) is 6. The molecule has 0 saturated heterocycles. The number of carbonyl (C=O) groups excluding carboxylic acids is 3. The van der Waals surface area contributed by atoms with Gasteiger partial charge in [0.1, 0.15) is 11.4 Å². The Labute approximate surface area is 191 Å². The third kappa shape index (κ3) is 2.95. The average Bonchev–Trinajstić information content (AvgIpc) is 3.02. The molecular weight excluding hydrogens is 424 g/mol. The van der Waals surface area contributed by atoms with E-state index in [2.05, 4.69) is 11.9 Å². The molecule has 0 radical (unpaired) electrons. The molecule has 8 nitrogen and oxygen atoms in total. The number of fused-ring (bicyclic) bond motifs is 5. The molecule has 5 rings (SSSR count). The van der Waals surface area contributed by atoms with E-state index in [4.69, 9.17) is 0 Å². The molecule has 0 aliphatic heterocycles. The lowest BCUT2D eigenvalue weighted by Gasteiger charge is -2.57. The SMILES string of the molecule is C[C@]12CCC(=O)C=C1CC[C@@H]1[C@@H]2C(=O)C[C@@]2(C)[C@H]1CC[C@]2(O)C(=O)Cn1c(=O)cc[nH]c1=O. The molecule has 0 amide bonds. The predicted molar refractivity (Wildman–Crippen MR) is 118 cm³/mol. The first-order valence-corrected chi connectivity index (χ1v) is 11.8. The number of aliphatic hydroxyl groups is 1. The zero-order chi connectivity index (χ0) is 23.8. The molecule has 4 aliphatic carbocycles. The van der Waals surface area contributed by atoms with Gasteiger partial charge in [-0.3, -0.25) is 23.7 Å². The van der Waals surface area contributed by atoms with Gasteiger partial charge in [0.05, 0.1) is 6.54 Å². The van der Waals surface area contributed by atoms with E-state index in [0.29, 0.717) is 19.3 Å². The first kappa shape index (κ1) is 22.2. The topological polar surface area (TPSA) is 126 Å². The van der Waals surface area contributed by atoms with Crippen LogP contribution in [-0.2, 0) is 20.9 Å². The third-order valence-corrected chi connectivity index (χ3v) is 9.51. The second kappa shape index (κ2) is 7.19. The summed E-state index contributed by atoms with van der Waals surface area (Å²) in [7, 11) is 0. The first-order valence-electron chi connectivity index (χ1n) is 11.8. The van der Waals surface area contributed by atoms with Crippen LogP contribution in [0, 0.1) is 28.6 Å². The van der Waals surface area contributed by atoms with Crippen molar-refractivity contribution in [3.63, 3.8) is 0 Å². The van der Waals surface area contributed by atoms with Crippen LogP contribution in [0.1, 0.15) is 58.8 Å². The first-order chi connectivity index (χ1) is 15.5. The predicted octanol–water partition coefficient (Wildman–Crippen LogP) is 1.55. The van der Waals surface area contributed by atoms with Gasteiger partial charge in [-0.25, -0.2) is 4.79 Å². The number of carbonyl (C=O) groups is 3. The number of nitrogens with one attached hydrogen (secondary N) is 1. The van der Waals surface area contributed by atoms with Crippen molar-refractivity contribution < 1.29 is 19.5 Å². The van der Waals surface area contributed by atoms with E-state index in [1.165, 1.54) is 6.20 Å². The van der Waals surface area contributed by atoms with Crippen molar-refractivity contribution in [2.75, 3.05) is 0 Å². The quantitative estimate of drug-likeness (QED) is 0.714. The highest BCUT2D eigenvalue weighted by atomic mass is 16.3. The number of nitrogens with zero attached hydrogens (tertiary/aromatic N) is 1. The minimum absolute atomic E-state index is 0.0177. The normalized spacial score (nSPS) is 40.0. The van der Waals surface area contributed by atoms with E-state index in [9.17, 15) is 29.1 Å². The molecule has 0 bridgehead atoms. The third-order valence-electron chi connectivity index (χ3n) is 9.51. The fraction of sp³-hybridized carbons (Fsp3) is 0.640. The maximum absolute atomic E-state index is 13.7. The molecule has 6 atom stereocenters. The number of rotatable bonds is 3. The summed E-state index contributed by atoms with van der Waals surface area (Å²) >= 11 is 0. The molecule has 4 aliphatic rings. The Balaban J connectivity index is 1.49. The zero-order valence-electron chi connectivity index (χ0n) is 19.1. The van der Waals surface area contributed by atoms with Crippen LogP contribution >= 0.6 is 0 Å². The van der Waals surface area contributed by atoms with Crippen LogP contribution in [-0.4, -0.2) is 37.6 Å². The molecule has 1 heterocycles. The molecule has 33 heavy (non-hydrogen) atoms. The monoisotopic (exact) mass is 454 g/mol. The van der Waals surface area contributed by atoms with Crippen LogP contribution in [0.2, 0.25) is 0 Å². The van der Waals surface area contributed by atoms with E-state index < -0.39 is 34.6 Å². The Morgan fingerprint density at radius 2 is 1.91 bits per heavy atom. The molecule has 1 aromatic rings. The summed E-state index contributed by atoms with van der Waals surface area (Å²) in [5.41, 5.74) is -3.31. The van der Waals surface area contributed by atoms with Crippen molar-refractivity contribution in [2.45, 2.75) is 70.9 Å². The molecule has 3 saturated carbocycles. The Morgan fingerprint density at radius 1 is 1.15 bits per heavy atom. The van der Waals surface area contributed by atoms with Crippen LogP contribution < -0.4 is 11.2 Å². The van der Waals surface area contributed by atoms with Crippen LogP contribution in [0.3, 0.4) is 0 Å². The van der Waals surface area contributed by atoms with Crippen molar-refractivity contribution in [2.24, 2.45) is 28.6 Å². The number of aromatic nitrogens is 2. The van der Waals surface area contributed by atoms with E-state index in [0.717, 1.165) is 29.0 Å². The summed E-state index contributed by atoms with van der Waals surface area (Å²) in [6, 6.07) is 1.16. The van der Waals surface area contributed by atoms with E-state index in [1.54, 1.807) is 6.08 Å². The number of aromatic amines is 1.